The molecule has 1 aliphatic rings. The molecule has 840 valence electrons. The van der Waals surface area contributed by atoms with Crippen LogP contribution in [-0.4, -0.2) is 244 Å². The molecule has 1 heterocycles. The van der Waals surface area contributed by atoms with Crippen LogP contribution in [0.3, 0.4) is 0 Å². The van der Waals surface area contributed by atoms with Crippen molar-refractivity contribution in [3.63, 3.8) is 0 Å². The molecule has 0 N–H and O–H groups in total. The minimum Gasteiger partial charge on any atom is -0.241 e. The molecule has 0 unspecified atom stereocenters. The van der Waals surface area contributed by atoms with Crippen LogP contribution in [-0.2, 0) is 94.7 Å². The molecule has 0 aromatic rings. The lowest BCUT2D eigenvalue weighted by molar-refractivity contribution is -0.610. The summed E-state index contributed by atoms with van der Waals surface area (Å²) in [6, 6.07) is 0. The highest BCUT2D eigenvalue weighted by Crippen LogP contribution is 2.64. The molecule has 0 bridgehead atoms. The van der Waals surface area contributed by atoms with Crippen LogP contribution in [0.1, 0.15) is 0 Å². The van der Waals surface area contributed by atoms with E-state index in [2.05, 4.69) is 0 Å². The summed E-state index contributed by atoms with van der Waals surface area (Å²) in [7, 11) is 0. The van der Waals surface area contributed by atoms with E-state index < -0.39 is 244 Å². The molecule has 1 rings (SSSR count). The molecule has 100 heteroatoms. The third kappa shape index (κ3) is 26.0. The summed E-state index contributed by atoms with van der Waals surface area (Å²) in [6.07, 6.45) is -370. The van der Waals surface area contributed by atoms with E-state index >= 15 is 0 Å². The fourth-order valence-corrected chi connectivity index (χ4v) is 5.60. The minimum atomic E-state index is -9.24. The highest BCUT2D eigenvalue weighted by molar-refractivity contribution is 4.91. The van der Waals surface area contributed by atoms with Gasteiger partial charge in [-0.3, -0.25) is 0 Å². The SMILES string of the molecule is FC1(F)OC(F)(F)C(F)(F)OC(F)(F)C(F)(F)OC(F)(F)C(F)(F)OC(F)(F)C(F)(F)OC(F)(F)C(F)(F)OC(F)(F)C(F)(F)OC(F)(F)C(F)(F)OC(F)(F)C(F)(F)OC(F)(F)C(F)(F)OC(F)(F)C(F)(F)OC(F)(F)C(F)(F)OC(F)(F)C(F)(F)OC(F)(F)C(F)(F)OC(F)(F)C(F)(F)OC(F)(F)C(F)(F)OC(F)(F)C(F)(F)OC(F)(F)C(F)(F)OC(F)(F)C(F)(F)OC(F)(F)C(F)(F)OC1(F)F. The Morgan fingerprint density at radius 3 is 0.0714 bits per heavy atom. The van der Waals surface area contributed by atoms with Gasteiger partial charge >= 0.3 is 244 Å². The molecule has 0 atom stereocenters. The number of rotatable bonds is 0. The minimum absolute atomic E-state index is 0.651. The standard InChI is InChI=1S/C40F80O20/c41-1(42)2(43,44)122-5(49,50)6(51,52)124-9(57,58)10(59,60)126-13(65,66)14(67,68)128-17(73,74)18(75,76)130-21(81,82)22(83,84)132-25(89,90)26(91,92)134-29(97,98)30(99,100)136-33(105,106)34(107,108)138-37(113,114)38(115,116)140-40(119,120)39(117,118)139-36(111,112)35(109,110)137-32(103,104)31(101,102)135-28(95,96)27(93,94)133-24(87,88)23(85,86)131-20(79,80)19(77,78)129-16(71,72)15(69,70)127-12(63,64)11(61,62)125-8(55,56)7(53,54)123-4(47,48)3(45,46)121-1. The van der Waals surface area contributed by atoms with E-state index in [1.807, 2.05) is 0 Å². The number of halogens is 80. The van der Waals surface area contributed by atoms with Crippen LogP contribution in [0.4, 0.5) is 351 Å². The van der Waals surface area contributed by atoms with Crippen molar-refractivity contribution in [3.8, 4) is 0 Å². The lowest BCUT2D eigenvalue weighted by Crippen LogP contribution is -2.64. The lowest BCUT2D eigenvalue weighted by Gasteiger charge is -2.38. The molecular weight excluding hydrogens is 2320 g/mol. The first-order valence-corrected chi connectivity index (χ1v) is 28.3. The maximum Gasteiger partial charge on any atom is 0.453 e. The molecule has 0 aromatic carbocycles. The Balaban J connectivity index is 4.42. The lowest BCUT2D eigenvalue weighted by atomic mass is 10.4. The van der Waals surface area contributed by atoms with Gasteiger partial charge in [-0.15, -0.1) is 0 Å². The molecule has 1 saturated heterocycles. The van der Waals surface area contributed by atoms with Crippen LogP contribution in [0, 0.1) is 0 Å². The van der Waals surface area contributed by atoms with Gasteiger partial charge < -0.3 is 0 Å². The summed E-state index contributed by atoms with van der Waals surface area (Å²) >= 11 is 0. The molecule has 20 nitrogen and oxygen atoms in total. The Kier molecular flexibility index (Phi) is 33.6. The van der Waals surface area contributed by atoms with Gasteiger partial charge in [0.1, 0.15) is 0 Å². The van der Waals surface area contributed by atoms with Gasteiger partial charge in [-0.2, -0.15) is 351 Å². The van der Waals surface area contributed by atoms with Crippen LogP contribution >= 0.6 is 0 Å². The van der Waals surface area contributed by atoms with Crippen molar-refractivity contribution < 1.29 is 446 Å². The molecule has 140 heavy (non-hydrogen) atoms. The Morgan fingerprint density at radius 1 is 0.0429 bits per heavy atom. The number of alkyl halides is 80. The van der Waals surface area contributed by atoms with Crippen molar-refractivity contribution in [2.45, 2.75) is 244 Å². The monoisotopic (exact) mass is 2320 g/mol. The second kappa shape index (κ2) is 35.7. The summed E-state index contributed by atoms with van der Waals surface area (Å²) in [4.78, 5) is 0. The first kappa shape index (κ1) is 132. The highest BCUT2D eigenvalue weighted by atomic mass is 19.5. The van der Waals surface area contributed by atoms with Gasteiger partial charge in [0.2, 0.25) is 0 Å². The van der Waals surface area contributed by atoms with Crippen molar-refractivity contribution in [1.29, 1.82) is 0 Å². The molecule has 0 amide bonds. The van der Waals surface area contributed by atoms with E-state index in [0.29, 0.717) is 94.7 Å². The van der Waals surface area contributed by atoms with Gasteiger partial charge in [-0.25, -0.2) is 94.7 Å². The molecule has 0 aliphatic carbocycles. The second-order valence-electron chi connectivity index (χ2n) is 22.7. The molecule has 0 radical (unpaired) electrons. The van der Waals surface area contributed by atoms with Gasteiger partial charge in [0.25, 0.3) is 0 Å². The van der Waals surface area contributed by atoms with E-state index in [1.165, 1.54) is 0 Å². The molecule has 0 spiro atoms. The first-order valence-electron chi connectivity index (χ1n) is 28.3. The van der Waals surface area contributed by atoms with Gasteiger partial charge in [-0.1, -0.05) is 0 Å². The smallest absolute Gasteiger partial charge is 0.241 e. The molecule has 0 aromatic heterocycles. The predicted molar refractivity (Wildman–Crippen MR) is 220 cm³/mol. The Labute approximate surface area is 691 Å². The van der Waals surface area contributed by atoms with E-state index in [4.69, 9.17) is 0 Å². The topological polar surface area (TPSA) is 185 Å². The van der Waals surface area contributed by atoms with Crippen LogP contribution in [0.5, 0.6) is 0 Å². The summed E-state index contributed by atoms with van der Waals surface area (Å²) in [5.74, 6) is 0. The first-order chi connectivity index (χ1) is 59.1. The normalized spacial score (nSPS) is 32.6. The quantitative estimate of drug-likeness (QED) is 0.208. The van der Waals surface area contributed by atoms with Crippen LogP contribution in [0.2, 0.25) is 0 Å². The average Bonchev–Trinajstić information content (AvgIpc) is 0.743. The maximum atomic E-state index is 14.0. The molecule has 1 fully saturated rings. The molecular formula is C40F80O20. The summed E-state index contributed by atoms with van der Waals surface area (Å²) in [5, 5.41) is 0. The van der Waals surface area contributed by atoms with Crippen molar-refractivity contribution in [2.75, 3.05) is 0 Å². The largest absolute Gasteiger partial charge is 0.453 e. The summed E-state index contributed by atoms with van der Waals surface area (Å²) < 4.78 is 1130. The Hall–Kier alpha value is -6.40. The van der Waals surface area contributed by atoms with Crippen LogP contribution in [0.15, 0.2) is 0 Å². The van der Waals surface area contributed by atoms with E-state index in [9.17, 15) is 351 Å². The Bertz CT molecular complexity index is 2840. The fraction of sp³-hybridized carbons (Fsp3) is 1.00. The second-order valence-corrected chi connectivity index (χ2v) is 22.7. The van der Waals surface area contributed by atoms with Crippen molar-refractivity contribution in [2.24, 2.45) is 0 Å². The summed E-state index contributed by atoms with van der Waals surface area (Å²) in [5.41, 5.74) is 0. The maximum absolute atomic E-state index is 14.0. The highest BCUT2D eigenvalue weighted by Gasteiger charge is 2.90. The summed E-state index contributed by atoms with van der Waals surface area (Å²) in [6.45, 7) is 0. The third-order valence-corrected chi connectivity index (χ3v) is 11.9. The predicted octanol–water partition coefficient (Wildman–Crippen LogP) is 24.0. The zero-order valence-corrected chi connectivity index (χ0v) is 58.4. The van der Waals surface area contributed by atoms with Crippen molar-refractivity contribution >= 4 is 0 Å². The molecule has 0 saturated carbocycles. The van der Waals surface area contributed by atoms with Crippen molar-refractivity contribution in [1.82, 2.24) is 0 Å². The van der Waals surface area contributed by atoms with Crippen LogP contribution < -0.4 is 0 Å². The number of hydrogen-bond acceptors (Lipinski definition) is 20. The number of ether oxygens (including phenoxy) is 20. The van der Waals surface area contributed by atoms with Crippen molar-refractivity contribution in [3.05, 3.63) is 0 Å². The van der Waals surface area contributed by atoms with Gasteiger partial charge in [-0.05, 0) is 0 Å². The zero-order valence-electron chi connectivity index (χ0n) is 58.4. The van der Waals surface area contributed by atoms with Gasteiger partial charge in [0.05, 0.1) is 0 Å². The van der Waals surface area contributed by atoms with Gasteiger partial charge in [0.15, 0.2) is 0 Å². The Morgan fingerprint density at radius 2 is 0.0571 bits per heavy atom. The van der Waals surface area contributed by atoms with Crippen LogP contribution in [0.25, 0.3) is 0 Å². The third-order valence-electron chi connectivity index (χ3n) is 11.9. The average molecular weight is 2320 g/mol. The van der Waals surface area contributed by atoms with Gasteiger partial charge in [0, 0.05) is 0 Å². The van der Waals surface area contributed by atoms with E-state index in [1.54, 1.807) is 0 Å². The molecule has 1 aliphatic heterocycles. The fourth-order valence-electron chi connectivity index (χ4n) is 5.60. The van der Waals surface area contributed by atoms with E-state index in [0.717, 1.165) is 0 Å². The van der Waals surface area contributed by atoms with E-state index in [-0.39, 0.29) is 0 Å². The zero-order chi connectivity index (χ0) is 114. The number of hydrogen-bond donors (Lipinski definition) is 0.